The van der Waals surface area contributed by atoms with Crippen molar-refractivity contribution in [3.63, 3.8) is 0 Å². The Kier molecular flexibility index (Phi) is 3.90. The molecule has 1 heterocycles. The summed E-state index contributed by atoms with van der Waals surface area (Å²) in [6, 6.07) is 7.09. The zero-order valence-electron chi connectivity index (χ0n) is 11.1. The number of benzene rings is 1. The number of aromatic nitrogens is 1. The zero-order valence-corrected chi connectivity index (χ0v) is 11.9. The zero-order chi connectivity index (χ0) is 14.0. The van der Waals surface area contributed by atoms with Crippen LogP contribution in [0.4, 0.5) is 5.69 Å². The number of halogens is 1. The predicted octanol–water partition coefficient (Wildman–Crippen LogP) is 2.78. The van der Waals surface area contributed by atoms with E-state index in [9.17, 15) is 4.79 Å². The molecule has 0 bridgehead atoms. The topological polar surface area (TPSA) is 45.2 Å². The molecule has 19 heavy (non-hydrogen) atoms. The molecule has 1 aromatic heterocycles. The fourth-order valence-corrected chi connectivity index (χ4v) is 2.10. The Morgan fingerprint density at radius 1 is 1.37 bits per heavy atom. The van der Waals surface area contributed by atoms with E-state index in [1.54, 1.807) is 31.3 Å². The van der Waals surface area contributed by atoms with E-state index in [1.807, 2.05) is 25.1 Å². The first kappa shape index (κ1) is 13.6. The quantitative estimate of drug-likeness (QED) is 0.938. The lowest BCUT2D eigenvalue weighted by Crippen LogP contribution is -2.36. The number of anilines is 1. The molecule has 0 aliphatic heterocycles. The second-order valence-electron chi connectivity index (χ2n) is 4.62. The second kappa shape index (κ2) is 5.45. The molecule has 0 saturated heterocycles. The molecule has 0 spiro atoms. The van der Waals surface area contributed by atoms with E-state index in [-0.39, 0.29) is 11.9 Å². The molecule has 100 valence electrons. The maximum absolute atomic E-state index is 11.9. The van der Waals surface area contributed by atoms with E-state index < -0.39 is 0 Å². The summed E-state index contributed by atoms with van der Waals surface area (Å²) in [5.41, 5.74) is 1.69. The summed E-state index contributed by atoms with van der Waals surface area (Å²) in [6.45, 7) is 1.84. The van der Waals surface area contributed by atoms with Crippen molar-refractivity contribution < 1.29 is 4.79 Å². The highest BCUT2D eigenvalue weighted by atomic mass is 35.5. The van der Waals surface area contributed by atoms with Crippen LogP contribution in [0.3, 0.4) is 0 Å². The molecule has 1 atom stereocenters. The lowest BCUT2D eigenvalue weighted by Gasteiger charge is -2.19. The van der Waals surface area contributed by atoms with Crippen LogP contribution in [-0.2, 0) is 4.79 Å². The number of rotatable bonds is 3. The molecule has 1 N–H and O–H groups in total. The average molecular weight is 278 g/mol. The molecule has 2 aromatic rings. The Morgan fingerprint density at radius 2 is 2.11 bits per heavy atom. The summed E-state index contributed by atoms with van der Waals surface area (Å²) in [4.78, 5) is 17.7. The van der Waals surface area contributed by atoms with Crippen molar-refractivity contribution in [2.24, 2.45) is 0 Å². The number of amides is 1. The van der Waals surface area contributed by atoms with Gasteiger partial charge in [-0.1, -0.05) is 11.6 Å². The maximum Gasteiger partial charge on any atom is 0.244 e. The van der Waals surface area contributed by atoms with Gasteiger partial charge in [-0.2, -0.15) is 0 Å². The van der Waals surface area contributed by atoms with Crippen molar-refractivity contribution in [2.45, 2.75) is 13.0 Å². The van der Waals surface area contributed by atoms with Crippen LogP contribution in [0.2, 0.25) is 5.02 Å². The van der Waals surface area contributed by atoms with Gasteiger partial charge in [-0.15, -0.1) is 0 Å². The van der Waals surface area contributed by atoms with Crippen molar-refractivity contribution in [3.8, 4) is 0 Å². The summed E-state index contributed by atoms with van der Waals surface area (Å²) in [6.07, 6.45) is 1.70. The molecule has 2 rings (SSSR count). The fourth-order valence-electron chi connectivity index (χ4n) is 1.93. The summed E-state index contributed by atoms with van der Waals surface area (Å²) in [5.74, 6) is 0.0268. The Labute approximate surface area is 117 Å². The standard InChI is InChI=1S/C14H16ClN3O/c1-9(14(19)18(2)3)17-12-6-7-16-13-8-10(15)4-5-11(12)13/h4-9H,1-3H3,(H,16,17)/t9-/m0/s1. The lowest BCUT2D eigenvalue weighted by molar-refractivity contribution is -0.129. The number of carbonyl (C=O) groups is 1. The van der Waals surface area contributed by atoms with E-state index >= 15 is 0 Å². The summed E-state index contributed by atoms with van der Waals surface area (Å²) in [5, 5.41) is 4.81. The first-order valence-corrected chi connectivity index (χ1v) is 6.39. The van der Waals surface area contributed by atoms with E-state index in [1.165, 1.54) is 0 Å². The van der Waals surface area contributed by atoms with Gasteiger partial charge in [0, 0.05) is 36.4 Å². The van der Waals surface area contributed by atoms with Gasteiger partial charge in [-0.25, -0.2) is 0 Å². The van der Waals surface area contributed by atoms with Crippen LogP contribution in [0.15, 0.2) is 30.5 Å². The van der Waals surface area contributed by atoms with Gasteiger partial charge in [0.15, 0.2) is 0 Å². The minimum absolute atomic E-state index is 0.0268. The number of hydrogen-bond acceptors (Lipinski definition) is 3. The predicted molar refractivity (Wildman–Crippen MR) is 78.5 cm³/mol. The van der Waals surface area contributed by atoms with Gasteiger partial charge in [0.25, 0.3) is 0 Å². The van der Waals surface area contributed by atoms with Crippen LogP contribution >= 0.6 is 11.6 Å². The van der Waals surface area contributed by atoms with E-state index in [2.05, 4.69) is 10.3 Å². The highest BCUT2D eigenvalue weighted by Crippen LogP contribution is 2.24. The number of fused-ring (bicyclic) bond motifs is 1. The molecule has 0 saturated carbocycles. The Bertz CT molecular complexity index is 613. The van der Waals surface area contributed by atoms with Crippen molar-refractivity contribution in [1.29, 1.82) is 0 Å². The third-order valence-electron chi connectivity index (χ3n) is 2.89. The van der Waals surface area contributed by atoms with Gasteiger partial charge in [0.1, 0.15) is 6.04 Å². The van der Waals surface area contributed by atoms with E-state index in [0.29, 0.717) is 5.02 Å². The molecule has 0 unspecified atom stereocenters. The highest BCUT2D eigenvalue weighted by molar-refractivity contribution is 6.31. The number of hydrogen-bond donors (Lipinski definition) is 1. The van der Waals surface area contributed by atoms with Crippen molar-refractivity contribution in [3.05, 3.63) is 35.5 Å². The Hall–Kier alpha value is -1.81. The van der Waals surface area contributed by atoms with E-state index in [4.69, 9.17) is 11.6 Å². The minimum Gasteiger partial charge on any atom is -0.373 e. The first-order chi connectivity index (χ1) is 8.99. The van der Waals surface area contributed by atoms with Crippen LogP contribution in [0, 0.1) is 0 Å². The van der Waals surface area contributed by atoms with Gasteiger partial charge < -0.3 is 10.2 Å². The first-order valence-electron chi connectivity index (χ1n) is 6.01. The van der Waals surface area contributed by atoms with Crippen molar-refractivity contribution in [2.75, 3.05) is 19.4 Å². The molecular weight excluding hydrogens is 262 g/mol. The van der Waals surface area contributed by atoms with Crippen LogP contribution in [0.1, 0.15) is 6.92 Å². The van der Waals surface area contributed by atoms with Crippen molar-refractivity contribution in [1.82, 2.24) is 9.88 Å². The molecule has 0 radical (unpaired) electrons. The number of likely N-dealkylation sites (N-methyl/N-ethyl adjacent to an activating group) is 1. The van der Waals surface area contributed by atoms with Crippen LogP contribution in [-0.4, -0.2) is 35.9 Å². The third kappa shape index (κ3) is 2.96. The lowest BCUT2D eigenvalue weighted by atomic mass is 10.1. The Balaban J connectivity index is 2.33. The minimum atomic E-state index is -0.295. The molecule has 5 heteroatoms. The van der Waals surface area contributed by atoms with Gasteiger partial charge in [-0.3, -0.25) is 9.78 Å². The van der Waals surface area contributed by atoms with E-state index in [0.717, 1.165) is 16.6 Å². The number of pyridine rings is 1. The van der Waals surface area contributed by atoms with Crippen LogP contribution in [0.25, 0.3) is 10.9 Å². The SMILES string of the molecule is C[C@H](Nc1ccnc2cc(Cl)ccc12)C(=O)N(C)C. The largest absolute Gasteiger partial charge is 0.373 e. The van der Waals surface area contributed by atoms with Gasteiger partial charge in [0.2, 0.25) is 5.91 Å². The van der Waals surface area contributed by atoms with Crippen LogP contribution < -0.4 is 5.32 Å². The van der Waals surface area contributed by atoms with Crippen molar-refractivity contribution >= 4 is 34.1 Å². The van der Waals surface area contributed by atoms with Gasteiger partial charge in [0.05, 0.1) is 5.52 Å². The fraction of sp³-hybridized carbons (Fsp3) is 0.286. The number of nitrogens with one attached hydrogen (secondary N) is 1. The monoisotopic (exact) mass is 277 g/mol. The third-order valence-corrected chi connectivity index (χ3v) is 3.12. The molecular formula is C14H16ClN3O. The second-order valence-corrected chi connectivity index (χ2v) is 5.06. The smallest absolute Gasteiger partial charge is 0.244 e. The molecule has 1 amide bonds. The summed E-state index contributed by atoms with van der Waals surface area (Å²) in [7, 11) is 3.48. The van der Waals surface area contributed by atoms with Gasteiger partial charge in [-0.05, 0) is 31.2 Å². The molecule has 0 aliphatic carbocycles. The number of nitrogens with zero attached hydrogens (tertiary/aromatic N) is 2. The highest BCUT2D eigenvalue weighted by Gasteiger charge is 2.15. The number of carbonyl (C=O) groups excluding carboxylic acids is 1. The average Bonchev–Trinajstić information content (AvgIpc) is 2.37. The molecule has 0 fully saturated rings. The summed E-state index contributed by atoms with van der Waals surface area (Å²) >= 11 is 5.95. The molecule has 1 aromatic carbocycles. The molecule has 4 nitrogen and oxygen atoms in total. The molecule has 0 aliphatic rings. The summed E-state index contributed by atoms with van der Waals surface area (Å²) < 4.78 is 0. The maximum atomic E-state index is 11.9. The Morgan fingerprint density at radius 3 is 2.79 bits per heavy atom. The van der Waals surface area contributed by atoms with Gasteiger partial charge >= 0.3 is 0 Å². The normalized spacial score (nSPS) is 12.2. The van der Waals surface area contributed by atoms with Crippen LogP contribution in [0.5, 0.6) is 0 Å².